The van der Waals surface area contributed by atoms with E-state index in [2.05, 4.69) is 46.0 Å². The van der Waals surface area contributed by atoms with Crippen molar-refractivity contribution in [3.8, 4) is 0 Å². The van der Waals surface area contributed by atoms with E-state index in [1.807, 2.05) is 7.05 Å². The number of carbonyl (C=O) groups is 1. The second kappa shape index (κ2) is 4.45. The summed E-state index contributed by atoms with van der Waals surface area (Å²) in [6, 6.07) is 6.22. The molecular formula is C12H15BrN2O. The monoisotopic (exact) mass is 282 g/mol. The highest BCUT2D eigenvalue weighted by Gasteiger charge is 2.21. The van der Waals surface area contributed by atoms with Gasteiger partial charge in [0.1, 0.15) is 0 Å². The standard InChI is InChI=1S/C12H15BrN2O/c1-9-3-4-10(7-11(9)13)15-6-5-14(2)12(16)8-15/h3-4,7H,5-6,8H2,1-2H3. The van der Waals surface area contributed by atoms with E-state index in [1.165, 1.54) is 5.56 Å². The number of nitrogens with zero attached hydrogens (tertiary/aromatic N) is 2. The fourth-order valence-electron chi connectivity index (χ4n) is 1.76. The van der Waals surface area contributed by atoms with Gasteiger partial charge in [0.15, 0.2) is 0 Å². The van der Waals surface area contributed by atoms with Crippen LogP contribution in [-0.2, 0) is 4.79 Å². The zero-order valence-corrected chi connectivity index (χ0v) is 11.1. The minimum absolute atomic E-state index is 0.183. The minimum atomic E-state index is 0.183. The molecule has 0 atom stereocenters. The van der Waals surface area contributed by atoms with E-state index in [0.29, 0.717) is 6.54 Å². The van der Waals surface area contributed by atoms with Gasteiger partial charge in [0, 0.05) is 30.3 Å². The van der Waals surface area contributed by atoms with Gasteiger partial charge in [-0.05, 0) is 24.6 Å². The average Bonchev–Trinajstić information content (AvgIpc) is 2.26. The highest BCUT2D eigenvalue weighted by atomic mass is 79.9. The van der Waals surface area contributed by atoms with Crippen molar-refractivity contribution in [3.05, 3.63) is 28.2 Å². The van der Waals surface area contributed by atoms with Crippen LogP contribution >= 0.6 is 15.9 Å². The van der Waals surface area contributed by atoms with Crippen LogP contribution in [0, 0.1) is 6.92 Å². The zero-order valence-electron chi connectivity index (χ0n) is 9.53. The maximum atomic E-state index is 11.6. The molecule has 1 aliphatic heterocycles. The molecule has 0 aliphatic carbocycles. The van der Waals surface area contributed by atoms with E-state index in [1.54, 1.807) is 4.90 Å². The molecule has 1 aromatic carbocycles. The molecule has 0 radical (unpaired) electrons. The molecule has 0 spiro atoms. The van der Waals surface area contributed by atoms with E-state index in [-0.39, 0.29) is 5.91 Å². The third kappa shape index (κ3) is 2.21. The molecule has 0 unspecified atom stereocenters. The average molecular weight is 283 g/mol. The van der Waals surface area contributed by atoms with Gasteiger partial charge < -0.3 is 9.80 Å². The Hall–Kier alpha value is -1.03. The molecule has 3 nitrogen and oxygen atoms in total. The molecule has 1 saturated heterocycles. The number of rotatable bonds is 1. The summed E-state index contributed by atoms with van der Waals surface area (Å²) in [4.78, 5) is 15.5. The van der Waals surface area contributed by atoms with E-state index >= 15 is 0 Å². The van der Waals surface area contributed by atoms with Gasteiger partial charge in [-0.2, -0.15) is 0 Å². The number of benzene rings is 1. The predicted molar refractivity (Wildman–Crippen MR) is 68.7 cm³/mol. The number of amides is 1. The number of hydrogen-bond acceptors (Lipinski definition) is 2. The fourth-order valence-corrected chi connectivity index (χ4v) is 2.12. The van der Waals surface area contributed by atoms with Gasteiger partial charge in [-0.3, -0.25) is 4.79 Å². The molecule has 0 saturated carbocycles. The molecule has 1 aliphatic rings. The highest BCUT2D eigenvalue weighted by Crippen LogP contribution is 2.24. The smallest absolute Gasteiger partial charge is 0.241 e. The van der Waals surface area contributed by atoms with E-state index in [0.717, 1.165) is 23.2 Å². The summed E-state index contributed by atoms with van der Waals surface area (Å²) < 4.78 is 1.09. The van der Waals surface area contributed by atoms with Crippen molar-refractivity contribution >= 4 is 27.5 Å². The first kappa shape index (κ1) is 11.5. The van der Waals surface area contributed by atoms with Gasteiger partial charge in [0.25, 0.3) is 0 Å². The maximum Gasteiger partial charge on any atom is 0.241 e. The van der Waals surface area contributed by atoms with E-state index in [4.69, 9.17) is 0 Å². The zero-order chi connectivity index (χ0) is 11.7. The maximum absolute atomic E-state index is 11.6. The molecule has 86 valence electrons. The number of carbonyl (C=O) groups excluding carboxylic acids is 1. The third-order valence-electron chi connectivity index (χ3n) is 2.98. The van der Waals surface area contributed by atoms with E-state index in [9.17, 15) is 4.79 Å². The van der Waals surface area contributed by atoms with Gasteiger partial charge in [-0.1, -0.05) is 22.0 Å². The second-order valence-electron chi connectivity index (χ2n) is 4.17. The lowest BCUT2D eigenvalue weighted by atomic mass is 10.2. The number of piperazine rings is 1. The molecule has 0 N–H and O–H groups in total. The normalized spacial score (nSPS) is 16.8. The van der Waals surface area contributed by atoms with Crippen LogP contribution in [0.25, 0.3) is 0 Å². The van der Waals surface area contributed by atoms with Crippen molar-refractivity contribution < 1.29 is 4.79 Å². The van der Waals surface area contributed by atoms with Crippen LogP contribution in [0.5, 0.6) is 0 Å². The number of likely N-dealkylation sites (N-methyl/N-ethyl adjacent to an activating group) is 1. The number of anilines is 1. The van der Waals surface area contributed by atoms with Crippen molar-refractivity contribution in [1.29, 1.82) is 0 Å². The largest absolute Gasteiger partial charge is 0.360 e. The van der Waals surface area contributed by atoms with Crippen LogP contribution in [0.15, 0.2) is 22.7 Å². The topological polar surface area (TPSA) is 23.6 Å². The van der Waals surface area contributed by atoms with Crippen LogP contribution in [0.2, 0.25) is 0 Å². The summed E-state index contributed by atoms with van der Waals surface area (Å²) in [6.45, 7) is 4.23. The first-order valence-electron chi connectivity index (χ1n) is 5.33. The van der Waals surface area contributed by atoms with Crippen molar-refractivity contribution in [2.45, 2.75) is 6.92 Å². The third-order valence-corrected chi connectivity index (χ3v) is 3.83. The van der Waals surface area contributed by atoms with Crippen LogP contribution in [0.1, 0.15) is 5.56 Å². The summed E-state index contributed by atoms with van der Waals surface area (Å²) in [5, 5.41) is 0. The Morgan fingerprint density at radius 3 is 2.69 bits per heavy atom. The lowest BCUT2D eigenvalue weighted by Gasteiger charge is -2.33. The Balaban J connectivity index is 2.18. The van der Waals surface area contributed by atoms with Crippen molar-refractivity contribution in [3.63, 3.8) is 0 Å². The van der Waals surface area contributed by atoms with Crippen LogP contribution in [0.4, 0.5) is 5.69 Å². The Kier molecular flexibility index (Phi) is 3.19. The Morgan fingerprint density at radius 2 is 2.06 bits per heavy atom. The molecule has 1 fully saturated rings. The Morgan fingerprint density at radius 1 is 1.31 bits per heavy atom. The molecule has 1 amide bonds. The lowest BCUT2D eigenvalue weighted by Crippen LogP contribution is -2.48. The summed E-state index contributed by atoms with van der Waals surface area (Å²) in [5.41, 5.74) is 2.32. The number of hydrogen-bond donors (Lipinski definition) is 0. The summed E-state index contributed by atoms with van der Waals surface area (Å²) in [5.74, 6) is 0.183. The van der Waals surface area contributed by atoms with Crippen LogP contribution in [-0.4, -0.2) is 37.5 Å². The quantitative estimate of drug-likeness (QED) is 0.787. The van der Waals surface area contributed by atoms with Gasteiger partial charge >= 0.3 is 0 Å². The van der Waals surface area contributed by atoms with Crippen molar-refractivity contribution in [2.24, 2.45) is 0 Å². The minimum Gasteiger partial charge on any atom is -0.360 e. The molecule has 16 heavy (non-hydrogen) atoms. The summed E-state index contributed by atoms with van der Waals surface area (Å²) >= 11 is 3.52. The SMILES string of the molecule is Cc1ccc(N2CCN(C)C(=O)C2)cc1Br. The van der Waals surface area contributed by atoms with Gasteiger partial charge in [-0.25, -0.2) is 0 Å². The molecule has 1 aromatic rings. The molecular weight excluding hydrogens is 268 g/mol. The summed E-state index contributed by atoms with van der Waals surface area (Å²) in [7, 11) is 1.85. The van der Waals surface area contributed by atoms with Crippen LogP contribution < -0.4 is 4.90 Å². The van der Waals surface area contributed by atoms with Gasteiger partial charge in [0.05, 0.1) is 6.54 Å². The first-order chi connectivity index (χ1) is 7.58. The molecule has 0 bridgehead atoms. The van der Waals surface area contributed by atoms with Crippen molar-refractivity contribution in [2.75, 3.05) is 31.6 Å². The molecule has 1 heterocycles. The number of halogens is 1. The van der Waals surface area contributed by atoms with E-state index < -0.39 is 0 Å². The molecule has 0 aromatic heterocycles. The fraction of sp³-hybridized carbons (Fsp3) is 0.417. The summed E-state index contributed by atoms with van der Waals surface area (Å²) in [6.07, 6.45) is 0. The Bertz CT molecular complexity index is 419. The number of aryl methyl sites for hydroxylation is 1. The van der Waals surface area contributed by atoms with Gasteiger partial charge in [-0.15, -0.1) is 0 Å². The van der Waals surface area contributed by atoms with Crippen molar-refractivity contribution in [1.82, 2.24) is 4.90 Å². The first-order valence-corrected chi connectivity index (χ1v) is 6.12. The second-order valence-corrected chi connectivity index (χ2v) is 5.02. The Labute approximate surface area is 104 Å². The lowest BCUT2D eigenvalue weighted by molar-refractivity contribution is -0.129. The van der Waals surface area contributed by atoms with Gasteiger partial charge in [0.2, 0.25) is 5.91 Å². The van der Waals surface area contributed by atoms with Crippen LogP contribution in [0.3, 0.4) is 0 Å². The highest BCUT2D eigenvalue weighted by molar-refractivity contribution is 9.10. The predicted octanol–water partition coefficient (Wildman–Crippen LogP) is 2.04. The molecule has 4 heteroatoms. The molecule has 2 rings (SSSR count).